The Hall–Kier alpha value is -2.95. The molecule has 190 valence electrons. The molecule has 0 spiro atoms. The van der Waals surface area contributed by atoms with Gasteiger partial charge in [-0.2, -0.15) is 13.2 Å². The average Bonchev–Trinajstić information content (AvgIpc) is 2.82. The summed E-state index contributed by atoms with van der Waals surface area (Å²) in [7, 11) is 0. The second-order valence-corrected chi connectivity index (χ2v) is 9.33. The minimum absolute atomic E-state index is 0.0487. The predicted molar refractivity (Wildman–Crippen MR) is 126 cm³/mol. The van der Waals surface area contributed by atoms with E-state index in [4.69, 9.17) is 0 Å². The molecule has 1 saturated carbocycles. The fourth-order valence-corrected chi connectivity index (χ4v) is 5.05. The summed E-state index contributed by atoms with van der Waals surface area (Å²) in [5, 5.41) is 6.03. The molecule has 1 aromatic heterocycles. The zero-order valence-corrected chi connectivity index (χ0v) is 19.7. The summed E-state index contributed by atoms with van der Waals surface area (Å²) in [6.07, 6.45) is 2.81. The molecule has 2 aliphatic rings. The van der Waals surface area contributed by atoms with Gasteiger partial charge in [-0.05, 0) is 50.3 Å². The fraction of sp³-hybridized carbons (Fsp3) is 0.583. The monoisotopic (exact) mass is 492 g/mol. The summed E-state index contributed by atoms with van der Waals surface area (Å²) in [4.78, 5) is 36.0. The Morgan fingerprint density at radius 2 is 1.94 bits per heavy atom. The molecule has 2 N–H and O–H groups in total. The minimum Gasteiger partial charge on any atom is -0.360 e. The molecule has 2 heterocycles. The number of likely N-dealkylation sites (tertiary alicyclic amines) is 1. The third-order valence-corrected chi connectivity index (χ3v) is 6.92. The number of carbonyl (C=O) groups is 2. The van der Waals surface area contributed by atoms with Gasteiger partial charge in [-0.25, -0.2) is 9.97 Å². The van der Waals surface area contributed by atoms with Crippen molar-refractivity contribution < 1.29 is 22.8 Å². The summed E-state index contributed by atoms with van der Waals surface area (Å²) in [6, 6.07) is 4.11. The fourth-order valence-electron chi connectivity index (χ4n) is 5.05. The zero-order chi connectivity index (χ0) is 25.0. The van der Waals surface area contributed by atoms with Crippen molar-refractivity contribution in [3.05, 3.63) is 30.1 Å². The predicted octanol–water partition coefficient (Wildman–Crippen LogP) is 3.04. The molecule has 0 radical (unpaired) electrons. The third-order valence-electron chi connectivity index (χ3n) is 6.92. The van der Waals surface area contributed by atoms with Crippen LogP contribution in [0.3, 0.4) is 0 Å². The normalized spacial score (nSPS) is 21.4. The van der Waals surface area contributed by atoms with Crippen molar-refractivity contribution in [3.63, 3.8) is 0 Å². The van der Waals surface area contributed by atoms with Gasteiger partial charge < -0.3 is 15.5 Å². The van der Waals surface area contributed by atoms with Crippen molar-refractivity contribution in [2.75, 3.05) is 31.5 Å². The van der Waals surface area contributed by atoms with Gasteiger partial charge >= 0.3 is 6.18 Å². The number of benzene rings is 1. The summed E-state index contributed by atoms with van der Waals surface area (Å²) in [5.74, 6) is -0.0472. The first-order valence-electron chi connectivity index (χ1n) is 12.1. The van der Waals surface area contributed by atoms with Crippen LogP contribution in [-0.4, -0.2) is 76.4 Å². The average molecular weight is 493 g/mol. The van der Waals surface area contributed by atoms with E-state index in [1.165, 1.54) is 12.4 Å². The molecule has 1 aliphatic heterocycles. The lowest BCUT2D eigenvalue weighted by atomic mass is 9.87. The maximum atomic E-state index is 13.1. The van der Waals surface area contributed by atoms with Crippen LogP contribution in [0, 0.1) is 0 Å². The lowest BCUT2D eigenvalue weighted by molar-refractivity contribution is -0.137. The van der Waals surface area contributed by atoms with Crippen LogP contribution in [0.4, 0.5) is 19.0 Å². The van der Waals surface area contributed by atoms with Gasteiger partial charge in [0.1, 0.15) is 12.1 Å². The number of alkyl halides is 3. The van der Waals surface area contributed by atoms with Gasteiger partial charge in [0.15, 0.2) is 0 Å². The second kappa shape index (κ2) is 10.8. The molecule has 1 aliphatic carbocycles. The molecule has 11 heteroatoms. The number of anilines is 1. The highest BCUT2D eigenvalue weighted by Crippen LogP contribution is 2.32. The van der Waals surface area contributed by atoms with Gasteiger partial charge in [0.2, 0.25) is 12.3 Å². The van der Waals surface area contributed by atoms with E-state index in [9.17, 15) is 22.8 Å². The van der Waals surface area contributed by atoms with E-state index in [-0.39, 0.29) is 29.7 Å². The number of aromatic nitrogens is 2. The summed E-state index contributed by atoms with van der Waals surface area (Å²) >= 11 is 0. The van der Waals surface area contributed by atoms with E-state index in [1.807, 2.05) is 4.90 Å². The van der Waals surface area contributed by atoms with Crippen molar-refractivity contribution in [2.45, 2.75) is 63.3 Å². The Morgan fingerprint density at radius 1 is 1.20 bits per heavy atom. The first kappa shape index (κ1) is 25.2. The molecule has 4 rings (SSSR count). The van der Waals surface area contributed by atoms with Crippen molar-refractivity contribution >= 4 is 29.0 Å². The van der Waals surface area contributed by atoms with Gasteiger partial charge in [-0.3, -0.25) is 14.5 Å². The summed E-state index contributed by atoms with van der Waals surface area (Å²) < 4.78 is 39.2. The van der Waals surface area contributed by atoms with Crippen molar-refractivity contribution in [1.82, 2.24) is 25.1 Å². The lowest BCUT2D eigenvalue weighted by Gasteiger charge is -2.47. The first-order valence-corrected chi connectivity index (χ1v) is 12.1. The molecule has 0 atom stereocenters. The van der Waals surface area contributed by atoms with Crippen molar-refractivity contribution in [2.24, 2.45) is 0 Å². The smallest absolute Gasteiger partial charge is 0.360 e. The molecule has 0 unspecified atom stereocenters. The van der Waals surface area contributed by atoms with Gasteiger partial charge in [0.05, 0.1) is 23.7 Å². The molecule has 0 bridgehead atoms. The van der Waals surface area contributed by atoms with Crippen LogP contribution in [-0.2, 0) is 15.8 Å². The van der Waals surface area contributed by atoms with E-state index in [2.05, 4.69) is 32.4 Å². The Balaban J connectivity index is 1.23. The highest BCUT2D eigenvalue weighted by molar-refractivity contribution is 5.91. The first-order chi connectivity index (χ1) is 16.8. The van der Waals surface area contributed by atoms with Crippen LogP contribution >= 0.6 is 0 Å². The van der Waals surface area contributed by atoms with Crippen LogP contribution in [0.1, 0.15) is 44.6 Å². The number of hydrogen-bond acceptors (Lipinski definition) is 6. The largest absolute Gasteiger partial charge is 0.416 e. The molecule has 35 heavy (non-hydrogen) atoms. The molecule has 1 saturated heterocycles. The van der Waals surface area contributed by atoms with Gasteiger partial charge in [-0.15, -0.1) is 0 Å². The number of halogens is 3. The SMILES string of the molecule is CCCN(C=O)[C@H]1CC[C@H](N2CC(NC(=O)CNc3ncnc4ccc(C(F)(F)F)cc34)C2)CC1. The molecule has 2 aromatic rings. The van der Waals surface area contributed by atoms with E-state index in [0.717, 1.165) is 70.3 Å². The number of carbonyl (C=O) groups excluding carboxylic acids is 2. The quantitative estimate of drug-likeness (QED) is 0.523. The van der Waals surface area contributed by atoms with Gasteiger partial charge in [0.25, 0.3) is 0 Å². The number of fused-ring (bicyclic) bond motifs is 1. The number of rotatable bonds is 9. The maximum absolute atomic E-state index is 13.1. The van der Waals surface area contributed by atoms with Crippen LogP contribution in [0.2, 0.25) is 0 Å². The maximum Gasteiger partial charge on any atom is 0.416 e. The van der Waals surface area contributed by atoms with Gasteiger partial charge in [0, 0.05) is 37.1 Å². The van der Waals surface area contributed by atoms with E-state index >= 15 is 0 Å². The molecule has 1 aromatic carbocycles. The molecule has 2 amide bonds. The van der Waals surface area contributed by atoms with Crippen LogP contribution in [0.5, 0.6) is 0 Å². The molecule has 2 fully saturated rings. The summed E-state index contributed by atoms with van der Waals surface area (Å²) in [6.45, 7) is 4.34. The second-order valence-electron chi connectivity index (χ2n) is 9.33. The van der Waals surface area contributed by atoms with E-state index in [0.29, 0.717) is 17.6 Å². The lowest BCUT2D eigenvalue weighted by Crippen LogP contribution is -2.63. The highest BCUT2D eigenvalue weighted by atomic mass is 19.4. The topological polar surface area (TPSA) is 90.5 Å². The number of amides is 2. The van der Waals surface area contributed by atoms with Gasteiger partial charge in [-0.1, -0.05) is 6.92 Å². The molecular formula is C24H31F3N6O2. The van der Waals surface area contributed by atoms with Crippen molar-refractivity contribution in [1.29, 1.82) is 0 Å². The third kappa shape index (κ3) is 6.01. The van der Waals surface area contributed by atoms with Crippen LogP contribution in [0.15, 0.2) is 24.5 Å². The van der Waals surface area contributed by atoms with E-state index < -0.39 is 11.7 Å². The number of nitrogens with one attached hydrogen (secondary N) is 2. The Morgan fingerprint density at radius 3 is 2.60 bits per heavy atom. The van der Waals surface area contributed by atoms with Crippen LogP contribution in [0.25, 0.3) is 10.9 Å². The zero-order valence-electron chi connectivity index (χ0n) is 19.7. The number of nitrogens with zero attached hydrogens (tertiary/aromatic N) is 4. The Labute approximate surface area is 202 Å². The molecule has 8 nitrogen and oxygen atoms in total. The summed E-state index contributed by atoms with van der Waals surface area (Å²) in [5.41, 5.74) is -0.425. The minimum atomic E-state index is -4.47. The van der Waals surface area contributed by atoms with Crippen molar-refractivity contribution in [3.8, 4) is 0 Å². The van der Waals surface area contributed by atoms with E-state index in [1.54, 1.807) is 0 Å². The Kier molecular flexibility index (Phi) is 7.73. The van der Waals surface area contributed by atoms with Crippen LogP contribution < -0.4 is 10.6 Å². The molecular weight excluding hydrogens is 461 g/mol. The highest BCUT2D eigenvalue weighted by Gasteiger charge is 2.36. The Bertz CT molecular complexity index is 1040. The number of hydrogen-bond donors (Lipinski definition) is 2. The standard InChI is InChI=1S/C24H31F3N6O2/c1-2-9-32(15-34)18-4-6-19(7-5-18)33-12-17(13-33)31-22(35)11-28-23-20-10-16(24(25,26)27)3-8-21(20)29-14-30-23/h3,8,10,14-15,17-19H,2,4-7,9,11-13H2,1H3,(H,31,35)(H,28,29,30)/t18-,19-.